The molecule has 0 amide bonds. The van der Waals surface area contributed by atoms with Crippen LogP contribution in [0, 0.1) is 5.92 Å². The summed E-state index contributed by atoms with van der Waals surface area (Å²) in [6.07, 6.45) is 1.13. The Morgan fingerprint density at radius 2 is 2.00 bits per heavy atom. The molecule has 2 rings (SSSR count). The van der Waals surface area contributed by atoms with E-state index in [1.54, 1.807) is 0 Å². The van der Waals surface area contributed by atoms with Gasteiger partial charge in [0.05, 0.1) is 11.0 Å². The van der Waals surface area contributed by atoms with Gasteiger partial charge in [0.25, 0.3) is 0 Å². The van der Waals surface area contributed by atoms with E-state index in [1.807, 2.05) is 0 Å². The molecular formula is C16H25N3. The highest BCUT2D eigenvalue weighted by atomic mass is 15.1. The van der Waals surface area contributed by atoms with Crippen molar-refractivity contribution in [1.29, 1.82) is 0 Å². The van der Waals surface area contributed by atoms with Crippen LogP contribution in [0.25, 0.3) is 11.0 Å². The molecular weight excluding hydrogens is 234 g/mol. The Morgan fingerprint density at radius 3 is 2.58 bits per heavy atom. The van der Waals surface area contributed by atoms with E-state index in [2.05, 4.69) is 50.5 Å². The number of rotatable bonds is 5. The highest BCUT2D eigenvalue weighted by Crippen LogP contribution is 2.27. The van der Waals surface area contributed by atoms with Gasteiger partial charge >= 0.3 is 0 Å². The van der Waals surface area contributed by atoms with Crippen molar-refractivity contribution >= 4 is 11.0 Å². The number of nitrogens with zero attached hydrogens (tertiary/aromatic N) is 2. The maximum atomic E-state index is 5.72. The molecule has 1 atom stereocenters. The summed E-state index contributed by atoms with van der Waals surface area (Å²) >= 11 is 0. The van der Waals surface area contributed by atoms with E-state index in [9.17, 15) is 0 Å². The molecule has 19 heavy (non-hydrogen) atoms. The van der Waals surface area contributed by atoms with Crippen molar-refractivity contribution in [1.82, 2.24) is 9.55 Å². The summed E-state index contributed by atoms with van der Waals surface area (Å²) in [5.41, 5.74) is 9.19. The van der Waals surface area contributed by atoms with Crippen molar-refractivity contribution in [2.45, 2.75) is 53.1 Å². The van der Waals surface area contributed by atoms with Crippen LogP contribution in [0.4, 0.5) is 0 Å². The molecule has 1 unspecified atom stereocenters. The Balaban J connectivity index is 2.58. The lowest BCUT2D eigenvalue weighted by Gasteiger charge is -2.17. The highest BCUT2D eigenvalue weighted by molar-refractivity contribution is 5.77. The van der Waals surface area contributed by atoms with E-state index >= 15 is 0 Å². The SMILES string of the molecule is CCCn1c(C(C)C(C)C)nc2cc(CN)ccc21. The number of aromatic nitrogens is 2. The summed E-state index contributed by atoms with van der Waals surface area (Å²) in [5.74, 6) is 2.28. The van der Waals surface area contributed by atoms with E-state index in [1.165, 1.54) is 11.3 Å². The summed E-state index contributed by atoms with van der Waals surface area (Å²) in [6, 6.07) is 6.40. The van der Waals surface area contributed by atoms with Gasteiger partial charge in [-0.1, -0.05) is 33.8 Å². The molecule has 0 saturated carbocycles. The van der Waals surface area contributed by atoms with Gasteiger partial charge in [0.1, 0.15) is 5.82 Å². The summed E-state index contributed by atoms with van der Waals surface area (Å²) in [5, 5.41) is 0. The molecule has 0 saturated heterocycles. The average molecular weight is 259 g/mol. The molecule has 104 valence electrons. The average Bonchev–Trinajstić information content (AvgIpc) is 2.76. The number of hydrogen-bond acceptors (Lipinski definition) is 2. The Bertz CT molecular complexity index is 554. The van der Waals surface area contributed by atoms with Crippen LogP contribution in [-0.4, -0.2) is 9.55 Å². The Labute approximate surface area is 115 Å². The van der Waals surface area contributed by atoms with Crippen molar-refractivity contribution in [3.05, 3.63) is 29.6 Å². The third-order valence-corrected chi connectivity index (χ3v) is 3.93. The lowest BCUT2D eigenvalue weighted by atomic mass is 9.97. The molecule has 1 aromatic heterocycles. The number of imidazole rings is 1. The van der Waals surface area contributed by atoms with Gasteiger partial charge in [-0.2, -0.15) is 0 Å². The van der Waals surface area contributed by atoms with Gasteiger partial charge in [0.2, 0.25) is 0 Å². The molecule has 0 aliphatic carbocycles. The van der Waals surface area contributed by atoms with Crippen molar-refractivity contribution in [2.75, 3.05) is 0 Å². The number of aryl methyl sites for hydroxylation is 1. The van der Waals surface area contributed by atoms with E-state index in [4.69, 9.17) is 10.7 Å². The second-order valence-corrected chi connectivity index (χ2v) is 5.68. The molecule has 2 aromatic rings. The quantitative estimate of drug-likeness (QED) is 0.890. The Hall–Kier alpha value is -1.35. The maximum Gasteiger partial charge on any atom is 0.112 e. The van der Waals surface area contributed by atoms with Crippen molar-refractivity contribution in [3.63, 3.8) is 0 Å². The van der Waals surface area contributed by atoms with Gasteiger partial charge in [-0.15, -0.1) is 0 Å². The third-order valence-electron chi connectivity index (χ3n) is 3.93. The standard InChI is InChI=1S/C16H25N3/c1-5-8-19-15-7-6-13(10-17)9-14(15)18-16(19)12(4)11(2)3/h6-7,9,11-12H,5,8,10,17H2,1-4H3. The lowest BCUT2D eigenvalue weighted by molar-refractivity contribution is 0.485. The minimum atomic E-state index is 0.472. The zero-order chi connectivity index (χ0) is 14.0. The smallest absolute Gasteiger partial charge is 0.112 e. The van der Waals surface area contributed by atoms with Gasteiger partial charge < -0.3 is 10.3 Å². The molecule has 0 aliphatic rings. The van der Waals surface area contributed by atoms with Gasteiger partial charge in [0.15, 0.2) is 0 Å². The maximum absolute atomic E-state index is 5.72. The first-order valence-electron chi connectivity index (χ1n) is 7.27. The first-order chi connectivity index (χ1) is 9.08. The molecule has 0 radical (unpaired) electrons. The van der Waals surface area contributed by atoms with Crippen LogP contribution in [-0.2, 0) is 13.1 Å². The van der Waals surface area contributed by atoms with Crippen LogP contribution >= 0.6 is 0 Å². The first kappa shape index (κ1) is 14.1. The van der Waals surface area contributed by atoms with E-state index in [0.717, 1.165) is 24.0 Å². The van der Waals surface area contributed by atoms with Crippen molar-refractivity contribution < 1.29 is 0 Å². The normalized spacial score (nSPS) is 13.4. The monoisotopic (exact) mass is 259 g/mol. The number of fused-ring (bicyclic) bond motifs is 1. The van der Waals surface area contributed by atoms with Gasteiger partial charge in [0, 0.05) is 19.0 Å². The molecule has 0 aliphatic heterocycles. The fourth-order valence-corrected chi connectivity index (χ4v) is 2.43. The topological polar surface area (TPSA) is 43.8 Å². The first-order valence-corrected chi connectivity index (χ1v) is 7.27. The zero-order valence-corrected chi connectivity index (χ0v) is 12.5. The van der Waals surface area contributed by atoms with Gasteiger partial charge in [-0.25, -0.2) is 4.98 Å². The fraction of sp³-hybridized carbons (Fsp3) is 0.562. The van der Waals surface area contributed by atoms with Crippen LogP contribution in [0.3, 0.4) is 0 Å². The molecule has 0 bridgehead atoms. The summed E-state index contributed by atoms with van der Waals surface area (Å²) < 4.78 is 2.38. The summed E-state index contributed by atoms with van der Waals surface area (Å²) in [7, 11) is 0. The van der Waals surface area contributed by atoms with E-state index in [-0.39, 0.29) is 0 Å². The van der Waals surface area contributed by atoms with E-state index < -0.39 is 0 Å². The van der Waals surface area contributed by atoms with Crippen LogP contribution in [0.15, 0.2) is 18.2 Å². The lowest BCUT2D eigenvalue weighted by Crippen LogP contribution is -2.11. The van der Waals surface area contributed by atoms with Crippen LogP contribution in [0.1, 0.15) is 51.4 Å². The molecule has 1 heterocycles. The minimum Gasteiger partial charge on any atom is -0.328 e. The zero-order valence-electron chi connectivity index (χ0n) is 12.5. The number of hydrogen-bond donors (Lipinski definition) is 1. The molecule has 3 nitrogen and oxygen atoms in total. The van der Waals surface area contributed by atoms with Crippen LogP contribution in [0.2, 0.25) is 0 Å². The van der Waals surface area contributed by atoms with Crippen molar-refractivity contribution in [3.8, 4) is 0 Å². The number of benzene rings is 1. The largest absolute Gasteiger partial charge is 0.328 e. The Morgan fingerprint density at radius 1 is 1.26 bits per heavy atom. The van der Waals surface area contributed by atoms with Crippen LogP contribution in [0.5, 0.6) is 0 Å². The molecule has 0 spiro atoms. The highest BCUT2D eigenvalue weighted by Gasteiger charge is 2.18. The van der Waals surface area contributed by atoms with Crippen molar-refractivity contribution in [2.24, 2.45) is 11.7 Å². The number of nitrogens with two attached hydrogens (primary N) is 1. The predicted octanol–water partition coefficient (Wildman–Crippen LogP) is 3.66. The minimum absolute atomic E-state index is 0.472. The third kappa shape index (κ3) is 2.66. The second-order valence-electron chi connectivity index (χ2n) is 5.68. The molecule has 2 N–H and O–H groups in total. The molecule has 0 fully saturated rings. The molecule has 3 heteroatoms. The predicted molar refractivity (Wildman–Crippen MR) is 81.2 cm³/mol. The van der Waals surface area contributed by atoms with Gasteiger partial charge in [-0.3, -0.25) is 0 Å². The molecule has 1 aromatic carbocycles. The Kier molecular flexibility index (Phi) is 4.25. The summed E-state index contributed by atoms with van der Waals surface area (Å²) in [4.78, 5) is 4.87. The van der Waals surface area contributed by atoms with Crippen LogP contribution < -0.4 is 5.73 Å². The fourth-order valence-electron chi connectivity index (χ4n) is 2.43. The van der Waals surface area contributed by atoms with Gasteiger partial charge in [-0.05, 0) is 30.0 Å². The second kappa shape index (κ2) is 5.74. The summed E-state index contributed by atoms with van der Waals surface area (Å²) in [6.45, 7) is 10.6. The van der Waals surface area contributed by atoms with E-state index in [0.29, 0.717) is 18.4 Å².